The van der Waals surface area contributed by atoms with Gasteiger partial charge in [-0.25, -0.2) is 0 Å². The van der Waals surface area contributed by atoms with E-state index in [1.165, 1.54) is 0 Å². The lowest BCUT2D eigenvalue weighted by atomic mass is 10.2. The summed E-state index contributed by atoms with van der Waals surface area (Å²) in [6.45, 7) is 0.428. The summed E-state index contributed by atoms with van der Waals surface area (Å²) < 4.78 is 0. The van der Waals surface area contributed by atoms with Gasteiger partial charge in [-0.15, -0.1) is 0 Å². The zero-order valence-corrected chi connectivity index (χ0v) is 8.95. The standard InChI is InChI=1S/C13H14N3/c14-16-15-12-13-10-8-6-4-2-1-3-5-7-9-11-13/h1-11,14H,12H2/q+1/b2-1-,3-1?,4-2?,5-3-,6-4-,7-5?,8-6?,9-7-,10-8?,11-9?,13-10?,13-11?. The van der Waals surface area contributed by atoms with Gasteiger partial charge in [0.25, 0.3) is 0 Å². The maximum absolute atomic E-state index is 6.62. The van der Waals surface area contributed by atoms with Crippen molar-refractivity contribution in [1.29, 1.82) is 5.53 Å². The largest absolute Gasteiger partial charge is 0.214 e. The molecule has 0 atom stereocenters. The van der Waals surface area contributed by atoms with Gasteiger partial charge < -0.3 is 0 Å². The Kier molecular flexibility index (Phi) is 5.98. The number of hydrogen-bond acceptors (Lipinski definition) is 2. The van der Waals surface area contributed by atoms with Gasteiger partial charge in [0.1, 0.15) is 17.2 Å². The Hall–Kier alpha value is -2.25. The van der Waals surface area contributed by atoms with Gasteiger partial charge in [-0.05, 0) is 5.57 Å². The smallest absolute Gasteiger partial charge is 0.0623 e. The van der Waals surface area contributed by atoms with E-state index in [1.807, 2.05) is 66.8 Å². The number of hydrogen-bond donors (Lipinski definition) is 1. The van der Waals surface area contributed by atoms with Crippen LogP contribution < -0.4 is 4.91 Å². The van der Waals surface area contributed by atoms with Gasteiger partial charge in [0.15, 0.2) is 0 Å². The molecule has 0 aromatic rings. The van der Waals surface area contributed by atoms with Gasteiger partial charge >= 0.3 is 0 Å². The lowest BCUT2D eigenvalue weighted by Gasteiger charge is -1.89. The molecule has 16 heavy (non-hydrogen) atoms. The second-order valence-electron chi connectivity index (χ2n) is 3.04. The number of rotatable bonds is 2. The molecule has 0 aromatic heterocycles. The molecule has 0 amide bonds. The van der Waals surface area contributed by atoms with Gasteiger partial charge in [-0.2, -0.15) is 0 Å². The first kappa shape index (κ1) is 11.8. The van der Waals surface area contributed by atoms with Crippen LogP contribution in [0.3, 0.4) is 0 Å². The molecule has 0 fully saturated rings. The average Bonchev–Trinajstić information content (AvgIpc) is 2.28. The van der Waals surface area contributed by atoms with Crippen molar-refractivity contribution in [2.75, 3.05) is 6.54 Å². The number of nitrogens with one attached hydrogen (secondary N) is 1. The Labute approximate surface area is 95.1 Å². The first-order chi connectivity index (χ1) is 7.93. The molecule has 80 valence electrons. The first-order valence-electron chi connectivity index (χ1n) is 5.00. The van der Waals surface area contributed by atoms with Crippen LogP contribution in [-0.4, -0.2) is 6.54 Å². The predicted molar refractivity (Wildman–Crippen MR) is 65.9 cm³/mol. The summed E-state index contributed by atoms with van der Waals surface area (Å²) in [6.07, 6.45) is 21.5. The maximum Gasteiger partial charge on any atom is 0.214 e. The van der Waals surface area contributed by atoms with E-state index in [9.17, 15) is 0 Å². The molecule has 1 rings (SSSR count). The molecule has 1 aliphatic carbocycles. The minimum absolute atomic E-state index is 0.428. The zero-order chi connectivity index (χ0) is 11.5. The van der Waals surface area contributed by atoms with Crippen LogP contribution in [-0.2, 0) is 0 Å². The predicted octanol–water partition coefficient (Wildman–Crippen LogP) is 3.26. The monoisotopic (exact) mass is 212 g/mol. The summed E-state index contributed by atoms with van der Waals surface area (Å²) in [5.41, 5.74) is 7.63. The van der Waals surface area contributed by atoms with Crippen molar-refractivity contribution in [3.63, 3.8) is 0 Å². The van der Waals surface area contributed by atoms with E-state index in [1.54, 1.807) is 0 Å². The highest BCUT2D eigenvalue weighted by Gasteiger charge is 1.92. The van der Waals surface area contributed by atoms with Crippen LogP contribution in [0, 0.1) is 5.53 Å². The molecule has 0 unspecified atom stereocenters. The summed E-state index contributed by atoms with van der Waals surface area (Å²) in [4.78, 5) is 2.99. The molecule has 0 saturated carbocycles. The summed E-state index contributed by atoms with van der Waals surface area (Å²) in [5, 5.41) is 3.65. The highest BCUT2D eigenvalue weighted by Crippen LogP contribution is 2.00. The summed E-state index contributed by atoms with van der Waals surface area (Å²) >= 11 is 0. The van der Waals surface area contributed by atoms with Crippen LogP contribution >= 0.6 is 0 Å². The molecule has 1 N–H and O–H groups in total. The fourth-order valence-electron chi connectivity index (χ4n) is 1.09. The molecular formula is C13H14N3+. The van der Waals surface area contributed by atoms with Crippen molar-refractivity contribution in [2.24, 2.45) is 5.11 Å². The van der Waals surface area contributed by atoms with Gasteiger partial charge in [-0.1, -0.05) is 66.8 Å². The van der Waals surface area contributed by atoms with E-state index in [-0.39, 0.29) is 0 Å². The van der Waals surface area contributed by atoms with Gasteiger partial charge in [0, 0.05) is 0 Å². The van der Waals surface area contributed by atoms with Crippen LogP contribution in [0.1, 0.15) is 0 Å². The van der Waals surface area contributed by atoms with Crippen molar-refractivity contribution in [3.05, 3.63) is 72.4 Å². The van der Waals surface area contributed by atoms with Crippen LogP contribution in [0.2, 0.25) is 0 Å². The minimum atomic E-state index is 0.428. The lowest BCUT2D eigenvalue weighted by Crippen LogP contribution is -1.83. The molecule has 0 aliphatic heterocycles. The van der Waals surface area contributed by atoms with Crippen molar-refractivity contribution >= 4 is 0 Å². The maximum atomic E-state index is 6.62. The third-order valence-corrected chi connectivity index (χ3v) is 1.83. The molecule has 0 heterocycles. The van der Waals surface area contributed by atoms with Crippen molar-refractivity contribution in [2.45, 2.75) is 0 Å². The Bertz CT molecular complexity index is 428. The molecule has 1 aliphatic rings. The second-order valence-corrected chi connectivity index (χ2v) is 3.04. The third-order valence-electron chi connectivity index (χ3n) is 1.83. The SMILES string of the molecule is N=[N+]=NCC1=C\C=C/C=C\C=C/C=C\C=C1. The number of nitrogens with zero attached hydrogens (tertiary/aromatic N) is 2. The van der Waals surface area contributed by atoms with Gasteiger partial charge in [-0.3, -0.25) is 0 Å². The van der Waals surface area contributed by atoms with Crippen molar-refractivity contribution < 1.29 is 0 Å². The lowest BCUT2D eigenvalue weighted by molar-refractivity contribution is 0.905. The molecule has 0 radical (unpaired) electrons. The molecule has 0 spiro atoms. The van der Waals surface area contributed by atoms with E-state index in [2.05, 4.69) is 10.0 Å². The van der Waals surface area contributed by atoms with E-state index in [4.69, 9.17) is 5.53 Å². The second kappa shape index (κ2) is 8.09. The summed E-state index contributed by atoms with van der Waals surface area (Å²) in [5.74, 6) is 0. The number of allylic oxidation sites excluding steroid dienone is 10. The highest BCUT2D eigenvalue weighted by molar-refractivity contribution is 5.30. The zero-order valence-electron chi connectivity index (χ0n) is 8.95. The Morgan fingerprint density at radius 3 is 2.06 bits per heavy atom. The van der Waals surface area contributed by atoms with Crippen LogP contribution in [0.15, 0.2) is 77.5 Å². The van der Waals surface area contributed by atoms with Crippen molar-refractivity contribution in [1.82, 2.24) is 4.91 Å². The molecule has 3 heteroatoms. The van der Waals surface area contributed by atoms with E-state index < -0.39 is 0 Å². The average molecular weight is 212 g/mol. The van der Waals surface area contributed by atoms with Gasteiger partial charge in [0.2, 0.25) is 4.91 Å². The minimum Gasteiger partial charge on any atom is -0.0623 e. The van der Waals surface area contributed by atoms with E-state index >= 15 is 0 Å². The van der Waals surface area contributed by atoms with Crippen LogP contribution in [0.25, 0.3) is 0 Å². The molecule has 0 aromatic carbocycles. The molecular weight excluding hydrogens is 198 g/mol. The Morgan fingerprint density at radius 1 is 0.875 bits per heavy atom. The molecule has 0 saturated heterocycles. The van der Waals surface area contributed by atoms with Gasteiger partial charge in [0.05, 0.1) is 0 Å². The fraction of sp³-hybridized carbons (Fsp3) is 0.0769. The highest BCUT2D eigenvalue weighted by atomic mass is 15.1. The first-order valence-corrected chi connectivity index (χ1v) is 5.00. The Morgan fingerprint density at radius 2 is 1.44 bits per heavy atom. The van der Waals surface area contributed by atoms with Crippen molar-refractivity contribution in [3.8, 4) is 0 Å². The topological polar surface area (TPSA) is 50.3 Å². The van der Waals surface area contributed by atoms with E-state index in [0.717, 1.165) is 5.57 Å². The third kappa shape index (κ3) is 5.47. The fourth-order valence-corrected chi connectivity index (χ4v) is 1.09. The van der Waals surface area contributed by atoms with E-state index in [0.29, 0.717) is 6.54 Å². The van der Waals surface area contributed by atoms with Crippen LogP contribution in [0.4, 0.5) is 0 Å². The van der Waals surface area contributed by atoms with Crippen LogP contribution in [0.5, 0.6) is 0 Å². The Balaban J connectivity index is 2.83. The quantitative estimate of drug-likeness (QED) is 0.539. The molecule has 0 bridgehead atoms. The molecule has 3 nitrogen and oxygen atoms in total. The summed E-state index contributed by atoms with van der Waals surface area (Å²) in [6, 6.07) is 0. The normalized spacial score (nSPS) is 22.9. The summed E-state index contributed by atoms with van der Waals surface area (Å²) in [7, 11) is 0.